The van der Waals surface area contributed by atoms with Crippen LogP contribution in [0, 0.1) is 18.8 Å². The Labute approximate surface area is 121 Å². The first-order valence-corrected chi connectivity index (χ1v) is 8.21. The molecule has 0 saturated carbocycles. The number of sulfonamides is 1. The first kappa shape index (κ1) is 16.7. The van der Waals surface area contributed by atoms with Gasteiger partial charge in [0.05, 0.1) is 11.4 Å². The van der Waals surface area contributed by atoms with Crippen molar-refractivity contribution < 1.29 is 8.42 Å². The van der Waals surface area contributed by atoms with Crippen LogP contribution in [0.5, 0.6) is 0 Å². The number of hydrogen-bond donors (Lipinski definition) is 2. The Morgan fingerprint density at radius 2 is 2.10 bits per heavy atom. The SMILES string of the molecule is CCCC(C)NS(=O)(=O)c1ccc(C)cc1C#CCN. The maximum absolute atomic E-state index is 12.4. The Morgan fingerprint density at radius 1 is 1.40 bits per heavy atom. The first-order chi connectivity index (χ1) is 9.40. The van der Waals surface area contributed by atoms with Crippen molar-refractivity contribution in [3.05, 3.63) is 29.3 Å². The van der Waals surface area contributed by atoms with Crippen LogP contribution < -0.4 is 10.5 Å². The molecule has 1 atom stereocenters. The van der Waals surface area contributed by atoms with E-state index in [2.05, 4.69) is 16.6 Å². The number of benzene rings is 1. The van der Waals surface area contributed by atoms with Crippen molar-refractivity contribution in [3.63, 3.8) is 0 Å². The smallest absolute Gasteiger partial charge is 0.242 e. The summed E-state index contributed by atoms with van der Waals surface area (Å²) in [6, 6.07) is 5.03. The fraction of sp³-hybridized carbons (Fsp3) is 0.467. The highest BCUT2D eigenvalue weighted by Crippen LogP contribution is 2.17. The lowest BCUT2D eigenvalue weighted by Gasteiger charge is -2.14. The summed E-state index contributed by atoms with van der Waals surface area (Å²) in [7, 11) is -3.55. The van der Waals surface area contributed by atoms with Gasteiger partial charge in [-0.05, 0) is 38.0 Å². The molecule has 1 unspecified atom stereocenters. The highest BCUT2D eigenvalue weighted by Gasteiger charge is 2.20. The molecule has 1 aromatic carbocycles. The van der Waals surface area contributed by atoms with E-state index in [-0.39, 0.29) is 17.5 Å². The van der Waals surface area contributed by atoms with Gasteiger partial charge in [-0.25, -0.2) is 13.1 Å². The standard InChI is InChI=1S/C15H22N2O2S/c1-4-6-13(3)17-20(18,19)15-9-8-12(2)11-14(15)7-5-10-16/h8-9,11,13,17H,4,6,10,16H2,1-3H3. The predicted molar refractivity (Wildman–Crippen MR) is 81.8 cm³/mol. The maximum atomic E-state index is 12.4. The van der Waals surface area contributed by atoms with Crippen molar-refractivity contribution in [2.45, 2.75) is 44.6 Å². The fourth-order valence-electron chi connectivity index (χ4n) is 1.94. The molecule has 0 radical (unpaired) electrons. The molecule has 0 spiro atoms. The van der Waals surface area contributed by atoms with Gasteiger partial charge in [0.25, 0.3) is 0 Å². The summed E-state index contributed by atoms with van der Waals surface area (Å²) in [6.07, 6.45) is 1.73. The van der Waals surface area contributed by atoms with Crippen LogP contribution in [0.4, 0.5) is 0 Å². The summed E-state index contributed by atoms with van der Waals surface area (Å²) >= 11 is 0. The minimum Gasteiger partial charge on any atom is -0.320 e. The largest absolute Gasteiger partial charge is 0.320 e. The Kier molecular flexibility index (Phi) is 6.21. The van der Waals surface area contributed by atoms with Crippen LogP contribution in [0.2, 0.25) is 0 Å². The third kappa shape index (κ3) is 4.64. The minimum absolute atomic E-state index is 0.0957. The molecule has 0 aliphatic heterocycles. The Balaban J connectivity index is 3.17. The number of hydrogen-bond acceptors (Lipinski definition) is 3. The van der Waals surface area contributed by atoms with E-state index in [1.165, 1.54) is 0 Å². The molecule has 1 rings (SSSR count). The Bertz CT molecular complexity index is 612. The number of nitrogens with two attached hydrogens (primary N) is 1. The zero-order valence-corrected chi connectivity index (χ0v) is 13.0. The Hall–Kier alpha value is -1.35. The molecule has 0 aromatic heterocycles. The lowest BCUT2D eigenvalue weighted by molar-refractivity contribution is 0.544. The third-order valence-corrected chi connectivity index (χ3v) is 4.48. The average molecular weight is 294 g/mol. The lowest BCUT2D eigenvalue weighted by atomic mass is 10.1. The van der Waals surface area contributed by atoms with E-state index in [1.807, 2.05) is 20.8 Å². The van der Waals surface area contributed by atoms with E-state index in [0.29, 0.717) is 5.56 Å². The zero-order chi connectivity index (χ0) is 15.2. The van der Waals surface area contributed by atoms with Gasteiger partial charge in [0.1, 0.15) is 0 Å². The van der Waals surface area contributed by atoms with Crippen molar-refractivity contribution in [1.82, 2.24) is 4.72 Å². The summed E-state index contributed by atoms with van der Waals surface area (Å²) in [4.78, 5) is 0.215. The van der Waals surface area contributed by atoms with Gasteiger partial charge in [-0.15, -0.1) is 0 Å². The van der Waals surface area contributed by atoms with Crippen LogP contribution in [0.25, 0.3) is 0 Å². The number of nitrogens with one attached hydrogen (secondary N) is 1. The monoisotopic (exact) mass is 294 g/mol. The van der Waals surface area contributed by atoms with Crippen LogP contribution in [0.15, 0.2) is 23.1 Å². The molecule has 110 valence electrons. The number of rotatable bonds is 5. The van der Waals surface area contributed by atoms with Gasteiger partial charge in [-0.3, -0.25) is 0 Å². The van der Waals surface area contributed by atoms with Crippen LogP contribution in [0.1, 0.15) is 37.8 Å². The molecule has 0 heterocycles. The van der Waals surface area contributed by atoms with Crippen molar-refractivity contribution in [3.8, 4) is 11.8 Å². The summed E-state index contributed by atoms with van der Waals surface area (Å²) in [5.41, 5.74) is 6.81. The minimum atomic E-state index is -3.55. The van der Waals surface area contributed by atoms with E-state index in [0.717, 1.165) is 18.4 Å². The topological polar surface area (TPSA) is 72.2 Å². The van der Waals surface area contributed by atoms with E-state index in [9.17, 15) is 8.42 Å². The van der Waals surface area contributed by atoms with E-state index in [4.69, 9.17) is 5.73 Å². The molecular weight excluding hydrogens is 272 g/mol. The lowest BCUT2D eigenvalue weighted by Crippen LogP contribution is -2.32. The maximum Gasteiger partial charge on any atom is 0.242 e. The van der Waals surface area contributed by atoms with Gasteiger partial charge in [0, 0.05) is 11.6 Å². The average Bonchev–Trinajstić information content (AvgIpc) is 2.35. The summed E-state index contributed by atoms with van der Waals surface area (Å²) in [5.74, 6) is 5.54. The van der Waals surface area contributed by atoms with Gasteiger partial charge in [0.2, 0.25) is 10.0 Å². The molecule has 0 fully saturated rings. The second-order valence-corrected chi connectivity index (χ2v) is 6.50. The summed E-state index contributed by atoms with van der Waals surface area (Å²) in [6.45, 7) is 5.99. The van der Waals surface area contributed by atoms with Crippen LogP contribution >= 0.6 is 0 Å². The van der Waals surface area contributed by atoms with Crippen molar-refractivity contribution in [2.24, 2.45) is 5.73 Å². The molecule has 4 nitrogen and oxygen atoms in total. The molecule has 5 heteroatoms. The molecule has 0 amide bonds. The molecule has 20 heavy (non-hydrogen) atoms. The number of aryl methyl sites for hydroxylation is 1. The molecule has 0 aliphatic carbocycles. The van der Waals surface area contributed by atoms with E-state index in [1.54, 1.807) is 18.2 Å². The highest BCUT2D eigenvalue weighted by atomic mass is 32.2. The molecule has 0 saturated heterocycles. The van der Waals surface area contributed by atoms with Crippen molar-refractivity contribution in [1.29, 1.82) is 0 Å². The Morgan fingerprint density at radius 3 is 2.70 bits per heavy atom. The zero-order valence-electron chi connectivity index (χ0n) is 12.2. The van der Waals surface area contributed by atoms with Crippen molar-refractivity contribution in [2.75, 3.05) is 6.54 Å². The van der Waals surface area contributed by atoms with Gasteiger partial charge >= 0.3 is 0 Å². The molecule has 3 N–H and O–H groups in total. The predicted octanol–water partition coefficient (Wildman–Crippen LogP) is 1.77. The normalized spacial score (nSPS) is 12.6. The van der Waals surface area contributed by atoms with Gasteiger partial charge < -0.3 is 5.73 Å². The van der Waals surface area contributed by atoms with Crippen LogP contribution in [-0.2, 0) is 10.0 Å². The fourth-order valence-corrected chi connectivity index (χ4v) is 3.36. The molecule has 1 aromatic rings. The quantitative estimate of drug-likeness (QED) is 0.813. The van der Waals surface area contributed by atoms with E-state index < -0.39 is 10.0 Å². The second kappa shape index (κ2) is 7.44. The van der Waals surface area contributed by atoms with Crippen molar-refractivity contribution >= 4 is 10.0 Å². The van der Waals surface area contributed by atoms with Gasteiger partial charge in [-0.1, -0.05) is 31.3 Å². The first-order valence-electron chi connectivity index (χ1n) is 6.72. The van der Waals surface area contributed by atoms with Crippen LogP contribution in [-0.4, -0.2) is 21.0 Å². The van der Waals surface area contributed by atoms with E-state index >= 15 is 0 Å². The summed E-state index contributed by atoms with van der Waals surface area (Å²) in [5, 5.41) is 0. The van der Waals surface area contributed by atoms with Gasteiger partial charge in [0.15, 0.2) is 0 Å². The van der Waals surface area contributed by atoms with Crippen LogP contribution in [0.3, 0.4) is 0 Å². The third-order valence-electron chi connectivity index (χ3n) is 2.83. The highest BCUT2D eigenvalue weighted by molar-refractivity contribution is 7.89. The second-order valence-electron chi connectivity index (χ2n) is 4.82. The molecular formula is C15H22N2O2S. The molecule has 0 aliphatic rings. The molecule has 0 bridgehead atoms. The summed E-state index contributed by atoms with van der Waals surface area (Å²) < 4.78 is 27.5. The van der Waals surface area contributed by atoms with Gasteiger partial charge in [-0.2, -0.15) is 0 Å².